The number of ether oxygens (including phenoxy) is 3. The van der Waals surface area contributed by atoms with E-state index in [-0.39, 0.29) is 35.2 Å². The first-order valence-corrected chi connectivity index (χ1v) is 17.3. The Balaban J connectivity index is 1.85. The Bertz CT molecular complexity index is 1840. The number of rotatable bonds is 14. The topological polar surface area (TPSA) is 114 Å². The Hall–Kier alpha value is -5.03. The minimum absolute atomic E-state index is 0.0171. The van der Waals surface area contributed by atoms with E-state index in [4.69, 9.17) is 14.2 Å². The third-order valence-electron chi connectivity index (χ3n) is 7.80. The summed E-state index contributed by atoms with van der Waals surface area (Å²) in [7, 11) is 0.0889. The van der Waals surface area contributed by atoms with Crippen molar-refractivity contribution in [2.75, 3.05) is 32.2 Å². The predicted octanol–water partition coefficient (Wildman–Crippen LogP) is 5.77. The van der Waals surface area contributed by atoms with Crippen LogP contribution in [0.3, 0.4) is 0 Å². The number of carbonyl (C=O) groups is 2. The Labute approximate surface area is 289 Å². The van der Waals surface area contributed by atoms with Gasteiger partial charge >= 0.3 is 0 Å². The van der Waals surface area contributed by atoms with E-state index in [9.17, 15) is 18.0 Å². The number of nitrogens with one attached hydrogen (secondary N) is 1. The lowest BCUT2D eigenvalue weighted by Crippen LogP contribution is -2.56. The molecule has 0 aromatic heterocycles. The van der Waals surface area contributed by atoms with Crippen LogP contribution in [-0.4, -0.2) is 64.6 Å². The van der Waals surface area contributed by atoms with Crippen molar-refractivity contribution < 1.29 is 32.2 Å². The highest BCUT2D eigenvalue weighted by Gasteiger charge is 2.36. The second-order valence-electron chi connectivity index (χ2n) is 12.7. The van der Waals surface area contributed by atoms with Gasteiger partial charge in [0.2, 0.25) is 11.8 Å². The maximum Gasteiger partial charge on any atom is 0.264 e. The first kappa shape index (κ1) is 36.8. The van der Waals surface area contributed by atoms with Crippen LogP contribution in [0.15, 0.2) is 102 Å². The number of aryl methyl sites for hydroxylation is 1. The predicted molar refractivity (Wildman–Crippen MR) is 191 cm³/mol. The van der Waals surface area contributed by atoms with Gasteiger partial charge in [-0.05, 0) is 75.2 Å². The largest absolute Gasteiger partial charge is 0.497 e. The molecule has 0 aliphatic carbocycles. The molecule has 0 fully saturated rings. The molecular formula is C38H45N3O7S. The van der Waals surface area contributed by atoms with Gasteiger partial charge in [0.1, 0.15) is 18.3 Å². The number of carbonyl (C=O) groups excluding carboxylic acids is 2. The molecule has 1 N–H and O–H groups in total. The zero-order chi connectivity index (χ0) is 35.8. The maximum absolute atomic E-state index is 14.7. The molecule has 11 heteroatoms. The van der Waals surface area contributed by atoms with Crippen LogP contribution >= 0.6 is 0 Å². The van der Waals surface area contributed by atoms with Gasteiger partial charge in [0.05, 0.1) is 31.9 Å². The highest BCUT2D eigenvalue weighted by molar-refractivity contribution is 7.92. The van der Waals surface area contributed by atoms with Gasteiger partial charge in [0.25, 0.3) is 10.0 Å². The lowest BCUT2D eigenvalue weighted by molar-refractivity contribution is -0.140. The molecule has 0 radical (unpaired) electrons. The normalized spacial score (nSPS) is 12.1. The fourth-order valence-electron chi connectivity index (χ4n) is 5.32. The summed E-state index contributed by atoms with van der Waals surface area (Å²) in [5.41, 5.74) is 2.16. The summed E-state index contributed by atoms with van der Waals surface area (Å²) < 4.78 is 46.1. The average molecular weight is 688 g/mol. The monoisotopic (exact) mass is 687 g/mol. The molecule has 0 bridgehead atoms. The Morgan fingerprint density at radius 3 is 2.04 bits per heavy atom. The van der Waals surface area contributed by atoms with Crippen LogP contribution in [-0.2, 0) is 32.6 Å². The molecule has 0 saturated heterocycles. The van der Waals surface area contributed by atoms with Gasteiger partial charge < -0.3 is 24.4 Å². The SMILES string of the molecule is COc1cccc(CN(C(=O)CN(c2ccc(C)cc2)S(=O)(=O)c2ccc(OC)c(OC)c2)[C@H](Cc2ccccc2)C(=O)NC(C)(C)C)c1. The summed E-state index contributed by atoms with van der Waals surface area (Å²) in [5.74, 6) is 0.230. The van der Waals surface area contributed by atoms with Crippen molar-refractivity contribution in [3.05, 3.63) is 114 Å². The second kappa shape index (κ2) is 15.9. The van der Waals surface area contributed by atoms with Gasteiger partial charge in [0.15, 0.2) is 11.5 Å². The van der Waals surface area contributed by atoms with Crippen LogP contribution in [0.25, 0.3) is 0 Å². The van der Waals surface area contributed by atoms with Crippen molar-refractivity contribution in [3.8, 4) is 17.2 Å². The molecule has 0 aliphatic rings. The van der Waals surface area contributed by atoms with Crippen molar-refractivity contribution in [1.82, 2.24) is 10.2 Å². The molecular weight excluding hydrogens is 642 g/mol. The molecule has 0 heterocycles. The van der Waals surface area contributed by atoms with Gasteiger partial charge in [0, 0.05) is 24.6 Å². The number of methoxy groups -OCH3 is 3. The fourth-order valence-corrected chi connectivity index (χ4v) is 6.75. The fraction of sp³-hybridized carbons (Fsp3) is 0.316. The van der Waals surface area contributed by atoms with Crippen molar-refractivity contribution in [3.63, 3.8) is 0 Å². The van der Waals surface area contributed by atoms with E-state index in [1.54, 1.807) is 49.6 Å². The molecule has 260 valence electrons. The lowest BCUT2D eigenvalue weighted by Gasteiger charge is -2.35. The molecule has 0 aliphatic heterocycles. The van der Waals surface area contributed by atoms with Crippen LogP contribution < -0.4 is 23.8 Å². The van der Waals surface area contributed by atoms with Gasteiger partial charge in [-0.3, -0.25) is 13.9 Å². The number of anilines is 1. The quantitative estimate of drug-likeness (QED) is 0.179. The number of nitrogens with zero attached hydrogens (tertiary/aromatic N) is 2. The summed E-state index contributed by atoms with van der Waals surface area (Å²) in [4.78, 5) is 30.2. The van der Waals surface area contributed by atoms with Crippen LogP contribution in [0.5, 0.6) is 17.2 Å². The number of hydrogen-bond donors (Lipinski definition) is 1. The van der Waals surface area contributed by atoms with Crippen molar-refractivity contribution in [2.45, 2.75) is 57.1 Å². The van der Waals surface area contributed by atoms with Gasteiger partial charge in [-0.2, -0.15) is 0 Å². The third kappa shape index (κ3) is 9.54. The van der Waals surface area contributed by atoms with E-state index in [0.29, 0.717) is 17.1 Å². The van der Waals surface area contributed by atoms with Crippen molar-refractivity contribution >= 4 is 27.5 Å². The Kier molecular flexibility index (Phi) is 12.0. The van der Waals surface area contributed by atoms with Crippen LogP contribution in [0.4, 0.5) is 5.69 Å². The molecule has 0 saturated carbocycles. The van der Waals surface area contributed by atoms with Gasteiger partial charge in [-0.25, -0.2) is 8.42 Å². The third-order valence-corrected chi connectivity index (χ3v) is 9.57. The molecule has 49 heavy (non-hydrogen) atoms. The van der Waals surface area contributed by atoms with Crippen LogP contribution in [0, 0.1) is 6.92 Å². The number of hydrogen-bond acceptors (Lipinski definition) is 7. The van der Waals surface area contributed by atoms with E-state index in [2.05, 4.69) is 5.32 Å². The first-order valence-electron chi connectivity index (χ1n) is 15.9. The van der Waals surface area contributed by atoms with E-state index >= 15 is 0 Å². The summed E-state index contributed by atoms with van der Waals surface area (Å²) in [6.07, 6.45) is 0.200. The zero-order valence-corrected chi connectivity index (χ0v) is 29.9. The molecule has 0 spiro atoms. The minimum Gasteiger partial charge on any atom is -0.497 e. The molecule has 0 unspecified atom stereocenters. The first-order chi connectivity index (χ1) is 23.2. The molecule has 4 rings (SSSR count). The van der Waals surface area contributed by atoms with Crippen molar-refractivity contribution in [2.24, 2.45) is 0 Å². The standard InChI is InChI=1S/C38H45N3O7S/c1-27-16-18-30(19-17-27)41(49(44,45)32-20-21-34(47-6)35(24-32)48-7)26-36(42)40(25-29-14-11-15-31(22-29)46-5)33(37(43)39-38(2,3)4)23-28-12-9-8-10-13-28/h8-22,24,33H,23,25-26H2,1-7H3,(H,39,43)/t33-/m1/s1. The minimum atomic E-state index is -4.34. The van der Waals surface area contributed by atoms with Crippen LogP contribution in [0.1, 0.15) is 37.5 Å². The van der Waals surface area contributed by atoms with Crippen molar-refractivity contribution in [1.29, 1.82) is 0 Å². The molecule has 1 atom stereocenters. The highest BCUT2D eigenvalue weighted by atomic mass is 32.2. The van der Waals surface area contributed by atoms with E-state index in [1.165, 1.54) is 37.3 Å². The summed E-state index contributed by atoms with van der Waals surface area (Å²) in [6, 6.07) is 26.8. The van der Waals surface area contributed by atoms with E-state index in [1.807, 2.05) is 64.1 Å². The Morgan fingerprint density at radius 1 is 0.776 bits per heavy atom. The molecule has 2 amide bonds. The molecule has 10 nitrogen and oxygen atoms in total. The van der Waals surface area contributed by atoms with Crippen LogP contribution in [0.2, 0.25) is 0 Å². The second-order valence-corrected chi connectivity index (χ2v) is 14.5. The number of sulfonamides is 1. The number of amides is 2. The number of benzene rings is 4. The Morgan fingerprint density at radius 2 is 1.43 bits per heavy atom. The van der Waals surface area contributed by atoms with E-state index in [0.717, 1.165) is 15.4 Å². The molecule has 4 aromatic carbocycles. The van der Waals surface area contributed by atoms with Gasteiger partial charge in [-0.15, -0.1) is 0 Å². The molecule has 4 aromatic rings. The smallest absolute Gasteiger partial charge is 0.264 e. The van der Waals surface area contributed by atoms with E-state index < -0.39 is 34.1 Å². The van der Waals surface area contributed by atoms with Gasteiger partial charge in [-0.1, -0.05) is 60.2 Å². The maximum atomic E-state index is 14.7. The average Bonchev–Trinajstić information content (AvgIpc) is 3.08. The summed E-state index contributed by atoms with van der Waals surface area (Å²) in [5, 5.41) is 3.04. The lowest BCUT2D eigenvalue weighted by atomic mass is 10.0. The summed E-state index contributed by atoms with van der Waals surface area (Å²) >= 11 is 0. The summed E-state index contributed by atoms with van der Waals surface area (Å²) in [6.45, 7) is 6.93. The highest BCUT2D eigenvalue weighted by Crippen LogP contribution is 2.32. The zero-order valence-electron chi connectivity index (χ0n) is 29.1.